The lowest BCUT2D eigenvalue weighted by atomic mass is 9.91. The number of rotatable bonds is 9. The van der Waals surface area contributed by atoms with E-state index < -0.39 is 23.5 Å². The molecule has 0 saturated carbocycles. The number of hydrogen-bond donors (Lipinski definition) is 0. The summed E-state index contributed by atoms with van der Waals surface area (Å²) in [6.45, 7) is 10.3. The standard InChI is InChI=1S/C26H26O8/c1-17(2)23(27)31-14-26(15-32-25(29)33-16-26)13-30-21-9-5-19(6-10-21)20-7-11-22(12-8-20)34-24(28)18(3)4/h5-12H,1,3,13-16H2,2,4H3. The number of esters is 2. The maximum Gasteiger partial charge on any atom is 0.508 e. The third kappa shape index (κ3) is 6.48. The summed E-state index contributed by atoms with van der Waals surface area (Å²) in [5.41, 5.74) is 1.62. The van der Waals surface area contributed by atoms with Gasteiger partial charge in [-0.3, -0.25) is 0 Å². The number of carbonyl (C=O) groups excluding carboxylic acids is 3. The minimum Gasteiger partial charge on any atom is -0.493 e. The van der Waals surface area contributed by atoms with Gasteiger partial charge in [0.25, 0.3) is 0 Å². The summed E-state index contributed by atoms with van der Waals surface area (Å²) >= 11 is 0. The fraction of sp³-hybridized carbons (Fsp3) is 0.269. The molecule has 0 atom stereocenters. The van der Waals surface area contributed by atoms with Crippen molar-refractivity contribution in [3.63, 3.8) is 0 Å². The SMILES string of the molecule is C=C(C)C(=O)OCC1(COc2ccc(-c3ccc(OC(=O)C(=C)C)cc3)cc2)COC(=O)OC1. The first-order valence-electron chi connectivity index (χ1n) is 10.5. The van der Waals surface area contributed by atoms with Crippen molar-refractivity contribution in [3.8, 4) is 22.6 Å². The van der Waals surface area contributed by atoms with Crippen LogP contribution in [-0.2, 0) is 23.8 Å². The maximum atomic E-state index is 11.8. The first-order chi connectivity index (χ1) is 16.2. The van der Waals surface area contributed by atoms with Gasteiger partial charge in [0.1, 0.15) is 43.3 Å². The minimum atomic E-state index is -0.839. The fourth-order valence-electron chi connectivity index (χ4n) is 2.95. The number of carbonyl (C=O) groups is 3. The van der Waals surface area contributed by atoms with Crippen LogP contribution in [-0.4, -0.2) is 44.5 Å². The van der Waals surface area contributed by atoms with Crippen LogP contribution in [0.2, 0.25) is 0 Å². The van der Waals surface area contributed by atoms with Crippen LogP contribution < -0.4 is 9.47 Å². The molecular formula is C26H26O8. The number of hydrogen-bond acceptors (Lipinski definition) is 8. The average Bonchev–Trinajstić information content (AvgIpc) is 2.83. The Hall–Kier alpha value is -4.07. The molecule has 3 rings (SSSR count). The molecule has 1 saturated heterocycles. The predicted molar refractivity (Wildman–Crippen MR) is 123 cm³/mol. The zero-order valence-electron chi connectivity index (χ0n) is 19.1. The van der Waals surface area contributed by atoms with Crippen molar-refractivity contribution in [2.24, 2.45) is 5.41 Å². The van der Waals surface area contributed by atoms with E-state index in [1.54, 1.807) is 38.1 Å². The molecule has 0 N–H and O–H groups in total. The van der Waals surface area contributed by atoms with Crippen LogP contribution in [0.3, 0.4) is 0 Å². The largest absolute Gasteiger partial charge is 0.508 e. The zero-order chi connectivity index (χ0) is 24.7. The highest BCUT2D eigenvalue weighted by atomic mass is 16.7. The smallest absolute Gasteiger partial charge is 0.493 e. The summed E-state index contributed by atoms with van der Waals surface area (Å²) < 4.78 is 26.4. The number of benzene rings is 2. The summed E-state index contributed by atoms with van der Waals surface area (Å²) in [6.07, 6.45) is -0.772. The van der Waals surface area contributed by atoms with Crippen LogP contribution in [0, 0.1) is 5.41 Å². The molecule has 1 aliphatic rings. The van der Waals surface area contributed by atoms with Gasteiger partial charge in [-0.1, -0.05) is 37.4 Å². The third-order valence-electron chi connectivity index (χ3n) is 5.00. The molecule has 0 bridgehead atoms. The molecular weight excluding hydrogens is 440 g/mol. The lowest BCUT2D eigenvalue weighted by Gasteiger charge is -2.34. The van der Waals surface area contributed by atoms with Crippen molar-refractivity contribution >= 4 is 18.1 Å². The van der Waals surface area contributed by atoms with Crippen LogP contribution in [0.5, 0.6) is 11.5 Å². The molecule has 0 radical (unpaired) electrons. The normalized spacial score (nSPS) is 14.2. The third-order valence-corrected chi connectivity index (χ3v) is 5.00. The Morgan fingerprint density at radius 3 is 1.82 bits per heavy atom. The van der Waals surface area contributed by atoms with Crippen LogP contribution in [0.1, 0.15) is 13.8 Å². The lowest BCUT2D eigenvalue weighted by molar-refractivity contribution is -0.151. The van der Waals surface area contributed by atoms with Gasteiger partial charge >= 0.3 is 18.1 Å². The summed E-state index contributed by atoms with van der Waals surface area (Å²) in [4.78, 5) is 34.7. The molecule has 0 aliphatic carbocycles. The number of ether oxygens (including phenoxy) is 5. The first kappa shape index (κ1) is 24.6. The first-order valence-corrected chi connectivity index (χ1v) is 10.5. The Balaban J connectivity index is 1.62. The van der Waals surface area contributed by atoms with E-state index in [1.165, 1.54) is 0 Å². The number of cyclic esters (lactones) is 2. The molecule has 0 aromatic heterocycles. The molecule has 8 nitrogen and oxygen atoms in total. The molecule has 178 valence electrons. The molecule has 0 amide bonds. The van der Waals surface area contributed by atoms with E-state index in [1.807, 2.05) is 24.3 Å². The molecule has 2 aromatic rings. The van der Waals surface area contributed by atoms with E-state index >= 15 is 0 Å². The van der Waals surface area contributed by atoms with Gasteiger partial charge in [0.05, 0.1) is 0 Å². The topological polar surface area (TPSA) is 97.4 Å². The van der Waals surface area contributed by atoms with E-state index in [9.17, 15) is 14.4 Å². The second-order valence-electron chi connectivity index (χ2n) is 8.19. The summed E-state index contributed by atoms with van der Waals surface area (Å²) in [6, 6.07) is 14.5. The fourth-order valence-corrected chi connectivity index (χ4v) is 2.95. The van der Waals surface area contributed by atoms with Crippen LogP contribution in [0.15, 0.2) is 72.8 Å². The molecule has 1 heterocycles. The summed E-state index contributed by atoms with van der Waals surface area (Å²) in [5, 5.41) is 0. The Bertz CT molecular complexity index is 1070. The molecule has 1 aliphatic heterocycles. The molecule has 1 fully saturated rings. The highest BCUT2D eigenvalue weighted by Gasteiger charge is 2.40. The Morgan fingerprint density at radius 2 is 1.32 bits per heavy atom. The van der Waals surface area contributed by atoms with E-state index in [2.05, 4.69) is 13.2 Å². The monoisotopic (exact) mass is 466 g/mol. The molecule has 34 heavy (non-hydrogen) atoms. The van der Waals surface area contributed by atoms with Crippen LogP contribution in [0.4, 0.5) is 4.79 Å². The van der Waals surface area contributed by atoms with Gasteiger partial charge in [0, 0.05) is 11.1 Å². The lowest BCUT2D eigenvalue weighted by Crippen LogP contribution is -2.47. The van der Waals surface area contributed by atoms with Gasteiger partial charge in [0.15, 0.2) is 0 Å². The van der Waals surface area contributed by atoms with Gasteiger partial charge in [-0.2, -0.15) is 0 Å². The van der Waals surface area contributed by atoms with Crippen molar-refractivity contribution in [3.05, 3.63) is 72.8 Å². The van der Waals surface area contributed by atoms with Crippen molar-refractivity contribution < 1.29 is 38.1 Å². The van der Waals surface area contributed by atoms with E-state index in [4.69, 9.17) is 23.7 Å². The Kier molecular flexibility index (Phi) is 7.73. The van der Waals surface area contributed by atoms with E-state index in [0.717, 1.165) is 11.1 Å². The summed E-state index contributed by atoms with van der Waals surface area (Å²) in [7, 11) is 0. The minimum absolute atomic E-state index is 0.00428. The molecule has 0 spiro atoms. The van der Waals surface area contributed by atoms with Gasteiger partial charge in [-0.05, 0) is 49.2 Å². The highest BCUT2D eigenvalue weighted by molar-refractivity contribution is 5.89. The van der Waals surface area contributed by atoms with Crippen molar-refractivity contribution in [2.75, 3.05) is 26.4 Å². The van der Waals surface area contributed by atoms with Crippen molar-refractivity contribution in [1.29, 1.82) is 0 Å². The molecule has 0 unspecified atom stereocenters. The van der Waals surface area contributed by atoms with Crippen molar-refractivity contribution in [2.45, 2.75) is 13.8 Å². The van der Waals surface area contributed by atoms with Crippen molar-refractivity contribution in [1.82, 2.24) is 0 Å². The maximum absolute atomic E-state index is 11.8. The zero-order valence-corrected chi connectivity index (χ0v) is 19.1. The Morgan fingerprint density at radius 1 is 0.824 bits per heavy atom. The second kappa shape index (κ2) is 10.7. The highest BCUT2D eigenvalue weighted by Crippen LogP contribution is 2.28. The Labute approximate surface area is 197 Å². The quantitative estimate of drug-likeness (QED) is 0.303. The van der Waals surface area contributed by atoms with Gasteiger partial charge < -0.3 is 23.7 Å². The van der Waals surface area contributed by atoms with E-state index in [0.29, 0.717) is 17.1 Å². The van der Waals surface area contributed by atoms with E-state index in [-0.39, 0.29) is 32.0 Å². The predicted octanol–water partition coefficient (Wildman–Crippen LogP) is 4.49. The van der Waals surface area contributed by atoms with Gasteiger partial charge in [0.2, 0.25) is 0 Å². The van der Waals surface area contributed by atoms with Crippen LogP contribution in [0.25, 0.3) is 11.1 Å². The summed E-state index contributed by atoms with van der Waals surface area (Å²) in [5.74, 6) is 0.00333. The average molecular weight is 466 g/mol. The molecule has 2 aromatic carbocycles. The van der Waals surface area contributed by atoms with Gasteiger partial charge in [-0.15, -0.1) is 0 Å². The molecule has 8 heteroatoms. The second-order valence-corrected chi connectivity index (χ2v) is 8.19. The van der Waals surface area contributed by atoms with Gasteiger partial charge in [-0.25, -0.2) is 14.4 Å². The van der Waals surface area contributed by atoms with Crippen LogP contribution >= 0.6 is 0 Å².